The van der Waals surface area contributed by atoms with E-state index in [-0.39, 0.29) is 17.9 Å². The summed E-state index contributed by atoms with van der Waals surface area (Å²) in [5, 5.41) is 2.96. The summed E-state index contributed by atoms with van der Waals surface area (Å²) in [4.78, 5) is 26.9. The SMILES string of the molecule is CCCCCCCCCCCCC(=O)N1CCCCC1CNC(=O)C(N)CCCN. The first kappa shape index (κ1) is 26.9. The number of rotatable bonds is 17. The molecule has 2 atom stereocenters. The fourth-order valence-corrected chi connectivity index (χ4v) is 4.27. The standard InChI is InChI=1S/C24H48N4O2/c1-2-3-4-5-6-7-8-9-10-11-17-23(29)28-19-13-12-15-21(28)20-27-24(30)22(26)16-14-18-25/h21-22H,2-20,25-26H2,1H3,(H,27,30). The summed E-state index contributed by atoms with van der Waals surface area (Å²) >= 11 is 0. The van der Waals surface area contributed by atoms with E-state index >= 15 is 0 Å². The molecule has 0 bridgehead atoms. The average Bonchev–Trinajstić information content (AvgIpc) is 2.77. The highest BCUT2D eigenvalue weighted by Gasteiger charge is 2.27. The molecule has 30 heavy (non-hydrogen) atoms. The van der Waals surface area contributed by atoms with Crippen molar-refractivity contribution < 1.29 is 9.59 Å². The van der Waals surface area contributed by atoms with Crippen LogP contribution in [0.3, 0.4) is 0 Å². The second kappa shape index (κ2) is 17.5. The Morgan fingerprint density at radius 3 is 2.23 bits per heavy atom. The quantitative estimate of drug-likeness (QED) is 0.309. The number of piperidine rings is 1. The number of carbonyl (C=O) groups excluding carboxylic acids is 2. The van der Waals surface area contributed by atoms with Gasteiger partial charge >= 0.3 is 0 Å². The zero-order valence-electron chi connectivity index (χ0n) is 19.5. The predicted molar refractivity (Wildman–Crippen MR) is 125 cm³/mol. The van der Waals surface area contributed by atoms with Crippen LogP contribution >= 0.6 is 0 Å². The summed E-state index contributed by atoms with van der Waals surface area (Å²) in [7, 11) is 0. The number of nitrogens with zero attached hydrogens (tertiary/aromatic N) is 1. The molecule has 2 amide bonds. The molecule has 0 radical (unpaired) electrons. The molecule has 2 unspecified atom stereocenters. The third-order valence-corrected chi connectivity index (χ3v) is 6.26. The summed E-state index contributed by atoms with van der Waals surface area (Å²) in [5.74, 6) is 0.122. The Balaban J connectivity index is 2.20. The topological polar surface area (TPSA) is 101 Å². The smallest absolute Gasteiger partial charge is 0.236 e. The van der Waals surface area contributed by atoms with Crippen LogP contribution in [0.1, 0.15) is 110 Å². The average molecular weight is 425 g/mol. The van der Waals surface area contributed by atoms with E-state index < -0.39 is 6.04 Å². The van der Waals surface area contributed by atoms with Crippen molar-refractivity contribution in [2.45, 2.75) is 122 Å². The molecule has 6 heteroatoms. The maximum absolute atomic E-state index is 12.7. The Labute approximate surface area is 184 Å². The van der Waals surface area contributed by atoms with Crippen LogP contribution in [-0.4, -0.2) is 48.4 Å². The molecule has 1 saturated heterocycles. The molecule has 0 spiro atoms. The fraction of sp³-hybridized carbons (Fsp3) is 0.917. The van der Waals surface area contributed by atoms with Gasteiger partial charge < -0.3 is 21.7 Å². The van der Waals surface area contributed by atoms with E-state index in [9.17, 15) is 9.59 Å². The largest absolute Gasteiger partial charge is 0.353 e. The summed E-state index contributed by atoms with van der Waals surface area (Å²) in [5.41, 5.74) is 11.4. The third-order valence-electron chi connectivity index (χ3n) is 6.26. The lowest BCUT2D eigenvalue weighted by Crippen LogP contribution is -2.51. The normalized spacial score (nSPS) is 17.7. The molecule has 1 fully saturated rings. The first-order valence-corrected chi connectivity index (χ1v) is 12.6. The van der Waals surface area contributed by atoms with E-state index in [4.69, 9.17) is 11.5 Å². The molecule has 0 aromatic rings. The Morgan fingerprint density at radius 1 is 0.967 bits per heavy atom. The summed E-state index contributed by atoms with van der Waals surface area (Å²) in [6.45, 7) is 4.13. The molecule has 0 aromatic heterocycles. The summed E-state index contributed by atoms with van der Waals surface area (Å²) in [6, 6.07) is -0.395. The van der Waals surface area contributed by atoms with Gasteiger partial charge in [0.1, 0.15) is 0 Å². The van der Waals surface area contributed by atoms with E-state index in [0.29, 0.717) is 25.9 Å². The Bertz CT molecular complexity index is 458. The minimum absolute atomic E-state index is 0.111. The maximum atomic E-state index is 12.7. The van der Waals surface area contributed by atoms with E-state index in [1.165, 1.54) is 51.4 Å². The highest BCUT2D eigenvalue weighted by Crippen LogP contribution is 2.19. The molecule has 0 saturated carbocycles. The lowest BCUT2D eigenvalue weighted by atomic mass is 10.0. The van der Waals surface area contributed by atoms with Gasteiger partial charge in [0.2, 0.25) is 11.8 Å². The van der Waals surface area contributed by atoms with Crippen LogP contribution in [0.2, 0.25) is 0 Å². The van der Waals surface area contributed by atoms with E-state index in [0.717, 1.165) is 45.1 Å². The van der Waals surface area contributed by atoms with Crippen molar-refractivity contribution in [3.63, 3.8) is 0 Å². The van der Waals surface area contributed by atoms with Gasteiger partial charge in [-0.05, 0) is 45.1 Å². The van der Waals surface area contributed by atoms with Gasteiger partial charge in [0.05, 0.1) is 6.04 Å². The molecule has 1 aliphatic rings. The molecule has 1 heterocycles. The molecule has 1 rings (SSSR count). The molecule has 0 aromatic carbocycles. The lowest BCUT2D eigenvalue weighted by molar-refractivity contribution is -0.135. The predicted octanol–water partition coefficient (Wildman–Crippen LogP) is 3.86. The number of hydrogen-bond acceptors (Lipinski definition) is 4. The van der Waals surface area contributed by atoms with Gasteiger partial charge in [0.15, 0.2) is 0 Å². The van der Waals surface area contributed by atoms with Crippen molar-refractivity contribution in [2.24, 2.45) is 11.5 Å². The molecular weight excluding hydrogens is 376 g/mol. The molecular formula is C24H48N4O2. The molecule has 0 aliphatic carbocycles. The van der Waals surface area contributed by atoms with Crippen LogP contribution in [-0.2, 0) is 9.59 Å². The highest BCUT2D eigenvalue weighted by molar-refractivity contribution is 5.81. The summed E-state index contributed by atoms with van der Waals surface area (Å²) in [6.07, 6.45) is 17.9. The van der Waals surface area contributed by atoms with Crippen molar-refractivity contribution in [3.05, 3.63) is 0 Å². The lowest BCUT2D eigenvalue weighted by Gasteiger charge is -2.36. The van der Waals surface area contributed by atoms with E-state index in [1.54, 1.807) is 0 Å². The first-order valence-electron chi connectivity index (χ1n) is 12.6. The maximum Gasteiger partial charge on any atom is 0.236 e. The van der Waals surface area contributed by atoms with Crippen molar-refractivity contribution in [1.82, 2.24) is 10.2 Å². The second-order valence-electron chi connectivity index (χ2n) is 8.95. The van der Waals surface area contributed by atoms with Gasteiger partial charge in [-0.1, -0.05) is 64.7 Å². The zero-order chi connectivity index (χ0) is 22.0. The zero-order valence-corrected chi connectivity index (χ0v) is 19.5. The molecule has 5 N–H and O–H groups in total. The number of unbranched alkanes of at least 4 members (excludes halogenated alkanes) is 9. The number of hydrogen-bond donors (Lipinski definition) is 3. The minimum atomic E-state index is -0.507. The van der Waals surface area contributed by atoms with E-state index in [1.807, 2.05) is 4.90 Å². The Morgan fingerprint density at radius 2 is 1.60 bits per heavy atom. The van der Waals surface area contributed by atoms with Crippen LogP contribution in [0.5, 0.6) is 0 Å². The monoisotopic (exact) mass is 424 g/mol. The van der Waals surface area contributed by atoms with Crippen molar-refractivity contribution in [1.29, 1.82) is 0 Å². The number of likely N-dealkylation sites (tertiary alicyclic amines) is 1. The van der Waals surface area contributed by atoms with Crippen LogP contribution in [0, 0.1) is 0 Å². The van der Waals surface area contributed by atoms with Gasteiger partial charge in [-0.3, -0.25) is 9.59 Å². The van der Waals surface area contributed by atoms with E-state index in [2.05, 4.69) is 12.2 Å². The van der Waals surface area contributed by atoms with Gasteiger partial charge in [-0.2, -0.15) is 0 Å². The number of nitrogens with one attached hydrogen (secondary N) is 1. The van der Waals surface area contributed by atoms with Gasteiger partial charge in [-0.15, -0.1) is 0 Å². The minimum Gasteiger partial charge on any atom is -0.353 e. The van der Waals surface area contributed by atoms with Crippen LogP contribution in [0.25, 0.3) is 0 Å². The van der Waals surface area contributed by atoms with Gasteiger partial charge in [-0.25, -0.2) is 0 Å². The Kier molecular flexibility index (Phi) is 15.7. The molecule has 6 nitrogen and oxygen atoms in total. The van der Waals surface area contributed by atoms with Crippen molar-refractivity contribution in [2.75, 3.05) is 19.6 Å². The molecule has 176 valence electrons. The third kappa shape index (κ3) is 11.9. The summed E-state index contributed by atoms with van der Waals surface area (Å²) < 4.78 is 0. The van der Waals surface area contributed by atoms with Crippen molar-refractivity contribution in [3.8, 4) is 0 Å². The van der Waals surface area contributed by atoms with Crippen LogP contribution in [0.4, 0.5) is 0 Å². The van der Waals surface area contributed by atoms with Crippen LogP contribution < -0.4 is 16.8 Å². The van der Waals surface area contributed by atoms with Crippen LogP contribution in [0.15, 0.2) is 0 Å². The highest BCUT2D eigenvalue weighted by atomic mass is 16.2. The van der Waals surface area contributed by atoms with Gasteiger partial charge in [0, 0.05) is 25.6 Å². The first-order chi connectivity index (χ1) is 14.6. The number of amides is 2. The number of nitrogens with two attached hydrogens (primary N) is 2. The molecule has 1 aliphatic heterocycles. The van der Waals surface area contributed by atoms with Gasteiger partial charge in [0.25, 0.3) is 0 Å². The fourth-order valence-electron chi connectivity index (χ4n) is 4.27. The number of carbonyl (C=O) groups is 2. The second-order valence-corrected chi connectivity index (χ2v) is 8.95. The van der Waals surface area contributed by atoms with Crippen molar-refractivity contribution >= 4 is 11.8 Å². The Hall–Kier alpha value is -1.14.